The minimum Gasteiger partial charge on any atom is -0.324 e. The van der Waals surface area contributed by atoms with Gasteiger partial charge in [0.2, 0.25) is 5.91 Å². The number of rotatable bonds is 7. The van der Waals surface area contributed by atoms with Gasteiger partial charge in [-0.15, -0.1) is 23.1 Å². The van der Waals surface area contributed by atoms with Crippen LogP contribution in [0.25, 0.3) is 0 Å². The fourth-order valence-electron chi connectivity index (χ4n) is 2.51. The SMILES string of the molecule is CC(Sc1ccc(NS(=O)(=O)c2cccs2)cc1)C(=O)Nc1cc(C(F)(F)F)ccc1Cl. The van der Waals surface area contributed by atoms with E-state index in [1.165, 1.54) is 6.07 Å². The predicted molar refractivity (Wildman–Crippen MR) is 122 cm³/mol. The van der Waals surface area contributed by atoms with Crippen molar-refractivity contribution in [3.05, 3.63) is 70.6 Å². The highest BCUT2D eigenvalue weighted by Crippen LogP contribution is 2.34. The highest BCUT2D eigenvalue weighted by molar-refractivity contribution is 8.00. The summed E-state index contributed by atoms with van der Waals surface area (Å²) in [5.41, 5.74) is -0.689. The summed E-state index contributed by atoms with van der Waals surface area (Å²) in [4.78, 5) is 13.1. The van der Waals surface area contributed by atoms with E-state index in [9.17, 15) is 26.4 Å². The smallest absolute Gasteiger partial charge is 0.324 e. The summed E-state index contributed by atoms with van der Waals surface area (Å²) in [6.45, 7) is 1.59. The van der Waals surface area contributed by atoms with Crippen molar-refractivity contribution in [1.82, 2.24) is 0 Å². The van der Waals surface area contributed by atoms with Crippen LogP contribution in [0.5, 0.6) is 0 Å². The number of hydrogen-bond acceptors (Lipinski definition) is 5. The van der Waals surface area contributed by atoms with E-state index in [0.717, 1.165) is 41.3 Å². The van der Waals surface area contributed by atoms with Crippen LogP contribution in [0, 0.1) is 0 Å². The standard InChI is InChI=1S/C20H16ClF3N2O3S3/c1-12(19(27)25-17-11-13(20(22,23)24)4-9-16(17)21)31-15-7-5-14(6-8-15)26-32(28,29)18-3-2-10-30-18/h2-12,26H,1H3,(H,25,27). The molecule has 1 aromatic heterocycles. The van der Waals surface area contributed by atoms with Crippen molar-refractivity contribution >= 4 is 62.0 Å². The summed E-state index contributed by atoms with van der Waals surface area (Å²) in [7, 11) is -3.67. The van der Waals surface area contributed by atoms with E-state index in [1.54, 1.807) is 42.6 Å². The Labute approximate surface area is 196 Å². The minimum atomic E-state index is -4.56. The molecule has 1 unspecified atom stereocenters. The summed E-state index contributed by atoms with van der Waals surface area (Å²) in [6.07, 6.45) is -4.56. The van der Waals surface area contributed by atoms with Gasteiger partial charge in [0, 0.05) is 10.6 Å². The summed E-state index contributed by atoms with van der Waals surface area (Å²) >= 11 is 8.17. The van der Waals surface area contributed by atoms with E-state index in [2.05, 4.69) is 10.0 Å². The molecule has 1 amide bonds. The molecule has 2 aromatic carbocycles. The zero-order chi connectivity index (χ0) is 23.5. The number of alkyl halides is 3. The van der Waals surface area contributed by atoms with E-state index < -0.39 is 32.9 Å². The number of carbonyl (C=O) groups is 1. The van der Waals surface area contributed by atoms with Gasteiger partial charge in [-0.3, -0.25) is 9.52 Å². The zero-order valence-corrected chi connectivity index (χ0v) is 19.5. The third-order valence-corrected chi connectivity index (χ3v) is 8.32. The monoisotopic (exact) mass is 520 g/mol. The Morgan fingerprint density at radius 2 is 1.81 bits per heavy atom. The molecule has 0 bridgehead atoms. The third-order valence-electron chi connectivity index (χ3n) is 4.10. The normalized spacial score (nSPS) is 12.9. The van der Waals surface area contributed by atoms with Gasteiger partial charge in [-0.25, -0.2) is 8.42 Å². The van der Waals surface area contributed by atoms with E-state index in [-0.39, 0.29) is 14.9 Å². The molecular weight excluding hydrogens is 505 g/mol. The van der Waals surface area contributed by atoms with Crippen LogP contribution >= 0.6 is 34.7 Å². The average Bonchev–Trinajstić information content (AvgIpc) is 3.26. The van der Waals surface area contributed by atoms with Gasteiger partial charge in [-0.1, -0.05) is 17.7 Å². The van der Waals surface area contributed by atoms with Crippen LogP contribution in [-0.4, -0.2) is 19.6 Å². The molecule has 1 heterocycles. The first-order valence-corrected chi connectivity index (χ1v) is 12.6. The number of benzene rings is 2. The second kappa shape index (κ2) is 9.74. The molecule has 3 rings (SSSR count). The second-order valence-electron chi connectivity index (χ2n) is 6.50. The van der Waals surface area contributed by atoms with Gasteiger partial charge in [0.1, 0.15) is 4.21 Å². The first-order chi connectivity index (χ1) is 15.0. The van der Waals surface area contributed by atoms with Gasteiger partial charge >= 0.3 is 6.18 Å². The average molecular weight is 521 g/mol. The number of hydrogen-bond donors (Lipinski definition) is 2. The zero-order valence-electron chi connectivity index (χ0n) is 16.3. The summed E-state index contributed by atoms with van der Waals surface area (Å²) < 4.78 is 65.9. The number of sulfonamides is 1. The fraction of sp³-hybridized carbons (Fsp3) is 0.150. The molecular formula is C20H16ClF3N2O3S3. The number of nitrogens with one attached hydrogen (secondary N) is 2. The highest BCUT2D eigenvalue weighted by atomic mass is 35.5. The van der Waals surface area contributed by atoms with Gasteiger partial charge in [0.05, 0.1) is 21.5 Å². The van der Waals surface area contributed by atoms with Crippen LogP contribution < -0.4 is 10.0 Å². The van der Waals surface area contributed by atoms with Crippen molar-refractivity contribution in [2.45, 2.75) is 27.5 Å². The van der Waals surface area contributed by atoms with Crippen molar-refractivity contribution in [2.24, 2.45) is 0 Å². The first kappa shape index (κ1) is 24.4. The van der Waals surface area contributed by atoms with Crippen LogP contribution in [0.2, 0.25) is 5.02 Å². The van der Waals surface area contributed by atoms with Gasteiger partial charge < -0.3 is 5.32 Å². The maximum atomic E-state index is 12.9. The van der Waals surface area contributed by atoms with Crippen LogP contribution in [-0.2, 0) is 21.0 Å². The van der Waals surface area contributed by atoms with E-state index in [4.69, 9.17) is 11.6 Å². The Bertz CT molecular complexity index is 1200. The summed E-state index contributed by atoms with van der Waals surface area (Å²) in [5.74, 6) is -0.529. The fourth-order valence-corrected chi connectivity index (χ4v) is 5.60. The van der Waals surface area contributed by atoms with Gasteiger partial charge in [-0.05, 0) is 60.8 Å². The molecule has 2 N–H and O–H groups in total. The Morgan fingerprint density at radius 3 is 2.41 bits per heavy atom. The Hall–Kier alpha value is -2.21. The van der Waals surface area contributed by atoms with Crippen molar-refractivity contribution < 1.29 is 26.4 Å². The van der Waals surface area contributed by atoms with Crippen molar-refractivity contribution in [1.29, 1.82) is 0 Å². The molecule has 32 heavy (non-hydrogen) atoms. The molecule has 0 spiro atoms. The lowest BCUT2D eigenvalue weighted by Gasteiger charge is -2.15. The maximum Gasteiger partial charge on any atom is 0.416 e. The predicted octanol–water partition coefficient (Wildman–Crippen LogP) is 6.34. The molecule has 0 radical (unpaired) electrons. The van der Waals surface area contributed by atoms with E-state index in [1.807, 2.05) is 0 Å². The largest absolute Gasteiger partial charge is 0.416 e. The molecule has 0 saturated carbocycles. The van der Waals surface area contributed by atoms with Crippen LogP contribution in [0.3, 0.4) is 0 Å². The highest BCUT2D eigenvalue weighted by Gasteiger charge is 2.31. The number of thiophene rings is 1. The molecule has 5 nitrogen and oxygen atoms in total. The van der Waals surface area contributed by atoms with Crippen molar-refractivity contribution in [3.8, 4) is 0 Å². The lowest BCUT2D eigenvalue weighted by Crippen LogP contribution is -2.22. The van der Waals surface area contributed by atoms with E-state index >= 15 is 0 Å². The molecule has 170 valence electrons. The number of halogens is 4. The molecule has 12 heteroatoms. The summed E-state index contributed by atoms with van der Waals surface area (Å²) in [6, 6.07) is 12.2. The molecule has 0 fully saturated rings. The molecule has 0 aliphatic rings. The Morgan fingerprint density at radius 1 is 1.12 bits per heavy atom. The topological polar surface area (TPSA) is 75.3 Å². The second-order valence-corrected chi connectivity index (χ2v) is 11.2. The van der Waals surface area contributed by atoms with Crippen LogP contribution in [0.4, 0.5) is 24.5 Å². The minimum absolute atomic E-state index is 0.00840. The van der Waals surface area contributed by atoms with Gasteiger partial charge in [-0.2, -0.15) is 13.2 Å². The maximum absolute atomic E-state index is 12.9. The number of carbonyl (C=O) groups excluding carboxylic acids is 1. The molecule has 3 aromatic rings. The van der Waals surface area contributed by atoms with Crippen LogP contribution in [0.15, 0.2) is 69.1 Å². The van der Waals surface area contributed by atoms with E-state index in [0.29, 0.717) is 10.6 Å². The molecule has 0 saturated heterocycles. The molecule has 0 aliphatic carbocycles. The lowest BCUT2D eigenvalue weighted by atomic mass is 10.2. The number of anilines is 2. The quantitative estimate of drug-likeness (QED) is 0.356. The first-order valence-electron chi connectivity index (χ1n) is 8.96. The Balaban J connectivity index is 1.63. The summed E-state index contributed by atoms with van der Waals surface area (Å²) in [5, 5.41) is 3.41. The Kier molecular flexibility index (Phi) is 7.43. The third kappa shape index (κ3) is 6.18. The van der Waals surface area contributed by atoms with Crippen molar-refractivity contribution in [3.63, 3.8) is 0 Å². The molecule has 1 atom stereocenters. The van der Waals surface area contributed by atoms with Crippen LogP contribution in [0.1, 0.15) is 12.5 Å². The van der Waals surface area contributed by atoms with Crippen molar-refractivity contribution in [2.75, 3.05) is 10.0 Å². The van der Waals surface area contributed by atoms with Gasteiger partial charge in [0.25, 0.3) is 10.0 Å². The molecule has 0 aliphatic heterocycles. The van der Waals surface area contributed by atoms with Gasteiger partial charge in [0.15, 0.2) is 0 Å². The number of amides is 1. The lowest BCUT2D eigenvalue weighted by molar-refractivity contribution is -0.137. The number of thioether (sulfide) groups is 1.